The van der Waals surface area contributed by atoms with E-state index in [-0.39, 0.29) is 34.7 Å². The van der Waals surface area contributed by atoms with Gasteiger partial charge in [-0.3, -0.25) is 0 Å². The normalized spacial score (nSPS) is 11.7. The Morgan fingerprint density at radius 2 is 2.07 bits per heavy atom. The maximum atomic E-state index is 13.1. The van der Waals surface area contributed by atoms with Crippen LogP contribution in [0.5, 0.6) is 0 Å². The molecule has 0 amide bonds. The summed E-state index contributed by atoms with van der Waals surface area (Å²) in [6.45, 7) is 5.47. The Kier molecular flexibility index (Phi) is 6.24. The molecule has 0 radical (unpaired) electrons. The van der Waals surface area contributed by atoms with Gasteiger partial charge < -0.3 is 9.15 Å². The fourth-order valence-electron chi connectivity index (χ4n) is 2.49. The van der Waals surface area contributed by atoms with Crippen molar-refractivity contribution in [1.82, 2.24) is 15.2 Å². The van der Waals surface area contributed by atoms with Crippen molar-refractivity contribution < 1.29 is 18.3 Å². The number of pyridine rings is 1. The fraction of sp³-hybridized carbons (Fsp3) is 0.250. The van der Waals surface area contributed by atoms with Crippen LogP contribution in [0.15, 0.2) is 39.8 Å². The van der Waals surface area contributed by atoms with Gasteiger partial charge in [-0.25, -0.2) is 14.2 Å². The molecule has 0 aliphatic carbocycles. The number of carbonyl (C=O) groups is 1. The molecule has 29 heavy (non-hydrogen) atoms. The van der Waals surface area contributed by atoms with Crippen molar-refractivity contribution in [3.8, 4) is 17.5 Å². The van der Waals surface area contributed by atoms with Crippen LogP contribution in [0.4, 0.5) is 4.39 Å². The van der Waals surface area contributed by atoms with Gasteiger partial charge in [0, 0.05) is 5.56 Å². The van der Waals surface area contributed by atoms with Gasteiger partial charge >= 0.3 is 5.97 Å². The van der Waals surface area contributed by atoms with E-state index in [1.807, 2.05) is 6.92 Å². The summed E-state index contributed by atoms with van der Waals surface area (Å²) in [5.74, 6) is -0.254. The van der Waals surface area contributed by atoms with Gasteiger partial charge in [-0.05, 0) is 51.1 Å². The number of nitriles is 1. The van der Waals surface area contributed by atoms with Crippen LogP contribution in [0.3, 0.4) is 0 Å². The first kappa shape index (κ1) is 20.5. The number of aryl methyl sites for hydroxylation is 1. The molecule has 0 aliphatic heterocycles. The van der Waals surface area contributed by atoms with Crippen molar-refractivity contribution in [2.45, 2.75) is 31.0 Å². The molecule has 0 saturated heterocycles. The maximum Gasteiger partial charge on any atom is 0.340 e. The number of aromatic nitrogens is 3. The molecule has 0 fully saturated rings. The van der Waals surface area contributed by atoms with Crippen LogP contribution < -0.4 is 0 Å². The van der Waals surface area contributed by atoms with E-state index in [9.17, 15) is 14.4 Å². The molecule has 0 unspecified atom stereocenters. The van der Waals surface area contributed by atoms with Crippen molar-refractivity contribution in [3.63, 3.8) is 0 Å². The molecule has 148 valence electrons. The molecule has 1 atom stereocenters. The average molecular weight is 412 g/mol. The highest BCUT2D eigenvalue weighted by Crippen LogP contribution is 2.36. The zero-order chi connectivity index (χ0) is 21.0. The van der Waals surface area contributed by atoms with Gasteiger partial charge in [0.25, 0.3) is 0 Å². The maximum absolute atomic E-state index is 13.1. The Morgan fingerprint density at radius 1 is 1.34 bits per heavy atom. The van der Waals surface area contributed by atoms with Crippen LogP contribution >= 0.6 is 11.8 Å². The van der Waals surface area contributed by atoms with Crippen LogP contribution in [0.2, 0.25) is 0 Å². The zero-order valence-corrected chi connectivity index (χ0v) is 16.8. The number of nitrogens with zero attached hydrogens (tertiary/aromatic N) is 4. The molecule has 1 aromatic carbocycles. The Bertz CT molecular complexity index is 1080. The number of hydrogen-bond acceptors (Lipinski definition) is 8. The van der Waals surface area contributed by atoms with E-state index < -0.39 is 5.97 Å². The van der Waals surface area contributed by atoms with Crippen LogP contribution in [0.1, 0.15) is 46.6 Å². The Labute approximate surface area is 170 Å². The minimum atomic E-state index is -0.514. The van der Waals surface area contributed by atoms with E-state index in [0.717, 1.165) is 0 Å². The van der Waals surface area contributed by atoms with Gasteiger partial charge in [-0.2, -0.15) is 5.26 Å². The Morgan fingerprint density at radius 3 is 2.72 bits per heavy atom. The number of ether oxygens (including phenoxy) is 1. The Hall–Kier alpha value is -3.25. The number of carbonyl (C=O) groups excluding carboxylic acids is 1. The highest BCUT2D eigenvalue weighted by Gasteiger charge is 2.21. The lowest BCUT2D eigenvalue weighted by molar-refractivity contribution is 0.0524. The predicted octanol–water partition coefficient (Wildman–Crippen LogP) is 4.48. The molecule has 9 heteroatoms. The van der Waals surface area contributed by atoms with E-state index in [1.165, 1.54) is 30.0 Å². The third kappa shape index (κ3) is 4.60. The standard InChI is InChI=1S/C20H17FN4O3S/c1-4-27-20(26)16-9-14(10-22)19(23-11(16)2)29-12(3)17-24-25-18(28-17)13-5-7-15(21)8-6-13/h5-9,12H,4H2,1-3H3/t12-/m1/s1. The fourth-order valence-corrected chi connectivity index (χ4v) is 3.45. The van der Waals surface area contributed by atoms with E-state index in [2.05, 4.69) is 21.3 Å². The first-order valence-corrected chi connectivity index (χ1v) is 9.65. The highest BCUT2D eigenvalue weighted by molar-refractivity contribution is 7.99. The van der Waals surface area contributed by atoms with E-state index >= 15 is 0 Å². The summed E-state index contributed by atoms with van der Waals surface area (Å²) in [5.41, 5.74) is 1.59. The summed E-state index contributed by atoms with van der Waals surface area (Å²) < 4.78 is 23.8. The van der Waals surface area contributed by atoms with Gasteiger partial charge in [-0.1, -0.05) is 11.8 Å². The van der Waals surface area contributed by atoms with Gasteiger partial charge in [0.1, 0.15) is 16.9 Å². The number of esters is 1. The van der Waals surface area contributed by atoms with E-state index in [0.29, 0.717) is 22.2 Å². The van der Waals surface area contributed by atoms with Crippen LogP contribution in [0.25, 0.3) is 11.5 Å². The molecule has 2 heterocycles. The second kappa shape index (κ2) is 8.84. The molecule has 0 spiro atoms. The molecule has 0 saturated carbocycles. The quantitative estimate of drug-likeness (QED) is 0.431. The second-order valence-electron chi connectivity index (χ2n) is 6.02. The second-order valence-corrected chi connectivity index (χ2v) is 7.35. The smallest absolute Gasteiger partial charge is 0.340 e. The first-order valence-electron chi connectivity index (χ1n) is 8.77. The lowest BCUT2D eigenvalue weighted by Gasteiger charge is -2.11. The highest BCUT2D eigenvalue weighted by atomic mass is 32.2. The molecule has 7 nitrogen and oxygen atoms in total. The third-order valence-electron chi connectivity index (χ3n) is 3.96. The number of halogens is 1. The van der Waals surface area contributed by atoms with Gasteiger partial charge in [0.05, 0.1) is 28.7 Å². The Balaban J connectivity index is 1.83. The average Bonchev–Trinajstić information content (AvgIpc) is 3.19. The molecular weight excluding hydrogens is 395 g/mol. The topological polar surface area (TPSA) is 102 Å². The van der Waals surface area contributed by atoms with E-state index in [4.69, 9.17) is 9.15 Å². The predicted molar refractivity (Wildman–Crippen MR) is 104 cm³/mol. The summed E-state index contributed by atoms with van der Waals surface area (Å²) in [6.07, 6.45) is 0. The van der Waals surface area contributed by atoms with Gasteiger partial charge in [0.2, 0.25) is 11.8 Å². The SMILES string of the molecule is CCOC(=O)c1cc(C#N)c(S[C@H](C)c2nnc(-c3ccc(F)cc3)o2)nc1C. The summed E-state index contributed by atoms with van der Waals surface area (Å²) >= 11 is 1.26. The van der Waals surface area contributed by atoms with E-state index in [1.54, 1.807) is 26.0 Å². The van der Waals surface area contributed by atoms with Crippen molar-refractivity contribution >= 4 is 17.7 Å². The molecule has 3 rings (SSSR count). The largest absolute Gasteiger partial charge is 0.462 e. The summed E-state index contributed by atoms with van der Waals surface area (Å²) in [4.78, 5) is 16.4. The summed E-state index contributed by atoms with van der Waals surface area (Å²) in [6, 6.07) is 9.27. The molecule has 3 aromatic rings. The summed E-state index contributed by atoms with van der Waals surface area (Å²) in [7, 11) is 0. The number of rotatable bonds is 6. The molecular formula is C20H17FN4O3S. The van der Waals surface area contributed by atoms with Crippen molar-refractivity contribution in [1.29, 1.82) is 5.26 Å². The third-order valence-corrected chi connectivity index (χ3v) is 5.05. The number of hydrogen-bond donors (Lipinski definition) is 0. The zero-order valence-electron chi connectivity index (χ0n) is 16.0. The minimum Gasteiger partial charge on any atom is -0.462 e. The van der Waals surface area contributed by atoms with Crippen LogP contribution in [0, 0.1) is 24.1 Å². The minimum absolute atomic E-state index is 0.237. The molecule has 0 aliphatic rings. The van der Waals surface area contributed by atoms with Crippen LogP contribution in [-0.4, -0.2) is 27.8 Å². The lowest BCUT2D eigenvalue weighted by Crippen LogP contribution is -2.09. The first-order chi connectivity index (χ1) is 13.9. The van der Waals surface area contributed by atoms with Crippen LogP contribution in [-0.2, 0) is 4.74 Å². The summed E-state index contributed by atoms with van der Waals surface area (Å²) in [5, 5.41) is 17.7. The van der Waals surface area contributed by atoms with Gasteiger partial charge in [-0.15, -0.1) is 10.2 Å². The lowest BCUT2D eigenvalue weighted by atomic mass is 10.1. The van der Waals surface area contributed by atoms with Crippen molar-refractivity contribution in [3.05, 3.63) is 58.9 Å². The molecule has 0 bridgehead atoms. The van der Waals surface area contributed by atoms with Crippen molar-refractivity contribution in [2.75, 3.05) is 6.61 Å². The molecule has 0 N–H and O–H groups in total. The van der Waals surface area contributed by atoms with Gasteiger partial charge in [0.15, 0.2) is 0 Å². The number of benzene rings is 1. The monoisotopic (exact) mass is 412 g/mol. The molecule has 2 aromatic heterocycles. The van der Waals surface area contributed by atoms with Crippen molar-refractivity contribution in [2.24, 2.45) is 0 Å². The number of thioether (sulfide) groups is 1.